The van der Waals surface area contributed by atoms with Crippen LogP contribution in [-0.2, 0) is 54.1 Å². The highest BCUT2D eigenvalue weighted by atomic mass is 16.6. The Hall–Kier alpha value is -3.30. The molecule has 14 heteroatoms. The summed E-state index contributed by atoms with van der Waals surface area (Å²) >= 11 is 0. The van der Waals surface area contributed by atoms with Gasteiger partial charge < -0.3 is 43.4 Å². The first-order valence-electron chi connectivity index (χ1n) is 15.7. The molecular formula is C32H51N3O11. The van der Waals surface area contributed by atoms with Gasteiger partial charge in [-0.25, -0.2) is 14.4 Å². The minimum Gasteiger partial charge on any atom is -0.467 e. The first-order valence-corrected chi connectivity index (χ1v) is 15.7. The number of alkyl carbamates (subject to hydrolysis) is 1. The van der Waals surface area contributed by atoms with Gasteiger partial charge >= 0.3 is 18.0 Å². The lowest BCUT2D eigenvalue weighted by molar-refractivity contribution is -0.160. The van der Waals surface area contributed by atoms with Crippen molar-refractivity contribution in [1.82, 2.24) is 15.1 Å². The summed E-state index contributed by atoms with van der Waals surface area (Å²) in [4.78, 5) is 52.7. The Morgan fingerprint density at radius 1 is 0.826 bits per heavy atom. The molecule has 0 unspecified atom stereocenters. The van der Waals surface area contributed by atoms with Gasteiger partial charge in [0.05, 0.1) is 53.4 Å². The summed E-state index contributed by atoms with van der Waals surface area (Å²) in [6, 6.07) is 8.20. The molecule has 1 aliphatic heterocycles. The van der Waals surface area contributed by atoms with Gasteiger partial charge in [0, 0.05) is 39.1 Å². The molecule has 1 saturated heterocycles. The zero-order chi connectivity index (χ0) is 33.6. The predicted molar refractivity (Wildman–Crippen MR) is 167 cm³/mol. The number of nitrogens with zero attached hydrogens (tertiary/aromatic N) is 2. The lowest BCUT2D eigenvalue weighted by atomic mass is 10.1. The second-order valence-corrected chi connectivity index (χ2v) is 11.5. The summed E-state index contributed by atoms with van der Waals surface area (Å²) < 4.78 is 36.9. The third kappa shape index (κ3) is 18.0. The Kier molecular flexibility index (Phi) is 18.8. The van der Waals surface area contributed by atoms with Gasteiger partial charge in [0.15, 0.2) is 0 Å². The van der Waals surface area contributed by atoms with E-state index in [1.807, 2.05) is 30.3 Å². The second kappa shape index (κ2) is 22.3. The van der Waals surface area contributed by atoms with Crippen molar-refractivity contribution in [2.75, 3.05) is 92.7 Å². The molecule has 1 fully saturated rings. The molecule has 14 nitrogen and oxygen atoms in total. The van der Waals surface area contributed by atoms with E-state index in [9.17, 15) is 19.2 Å². The molecule has 0 aliphatic carbocycles. The summed E-state index contributed by atoms with van der Waals surface area (Å²) in [6.45, 7) is 11.7. The molecule has 1 aromatic carbocycles. The van der Waals surface area contributed by atoms with Crippen LogP contribution in [0.5, 0.6) is 0 Å². The number of carbonyl (C=O) groups excluding carboxylic acids is 4. The van der Waals surface area contributed by atoms with E-state index in [2.05, 4.69) is 10.2 Å². The molecule has 0 saturated carbocycles. The van der Waals surface area contributed by atoms with E-state index in [1.54, 1.807) is 25.7 Å². The molecule has 1 aliphatic rings. The van der Waals surface area contributed by atoms with E-state index in [0.29, 0.717) is 59.3 Å². The maximum atomic E-state index is 12.8. The number of methoxy groups -OCH3 is 1. The number of esters is 2. The van der Waals surface area contributed by atoms with Gasteiger partial charge in [0.2, 0.25) is 5.91 Å². The van der Waals surface area contributed by atoms with E-state index in [4.69, 9.17) is 33.2 Å². The summed E-state index contributed by atoms with van der Waals surface area (Å²) in [5.41, 5.74) is 0.290. The first-order chi connectivity index (χ1) is 22.1. The van der Waals surface area contributed by atoms with Gasteiger partial charge in [-0.1, -0.05) is 30.3 Å². The number of piperazine rings is 1. The van der Waals surface area contributed by atoms with E-state index in [1.165, 1.54) is 7.11 Å². The fourth-order valence-corrected chi connectivity index (χ4v) is 4.32. The standard InChI is InChI=1S/C32H51N3O11/c1-32(2,3)46-29(37)25-44-23-22-43-21-20-42-19-18-41-17-16-34-12-14-35(15-13-34)28(36)11-10-27(30(38)40-4)33-31(39)45-24-26-8-6-5-7-9-26/h5-9,27H,10-25H2,1-4H3,(H,33,39)/t27-/m0/s1. The molecule has 46 heavy (non-hydrogen) atoms. The van der Waals surface area contributed by atoms with Crippen molar-refractivity contribution in [3.63, 3.8) is 0 Å². The SMILES string of the molecule is COC(=O)[C@H](CCC(=O)N1CCN(CCOCCOCCOCCOCC(=O)OC(C)(C)C)CC1)NC(=O)OCc1ccccc1. The van der Waals surface area contributed by atoms with Crippen LogP contribution < -0.4 is 5.32 Å². The van der Waals surface area contributed by atoms with Crippen LogP contribution in [-0.4, -0.2) is 138 Å². The molecule has 2 rings (SSSR count). The lowest BCUT2D eigenvalue weighted by Crippen LogP contribution is -2.50. The summed E-state index contributed by atoms with van der Waals surface area (Å²) in [5, 5.41) is 2.51. The van der Waals surface area contributed by atoms with Crippen molar-refractivity contribution in [3.8, 4) is 0 Å². The number of ether oxygens (including phenoxy) is 7. The van der Waals surface area contributed by atoms with Gasteiger partial charge in [-0.2, -0.15) is 0 Å². The van der Waals surface area contributed by atoms with Crippen molar-refractivity contribution in [1.29, 1.82) is 0 Å². The Labute approximate surface area is 271 Å². The Balaban J connectivity index is 1.47. The number of hydrogen-bond donors (Lipinski definition) is 1. The average molecular weight is 654 g/mol. The zero-order valence-electron chi connectivity index (χ0n) is 27.7. The summed E-state index contributed by atoms with van der Waals surface area (Å²) in [6.07, 6.45) is -0.549. The summed E-state index contributed by atoms with van der Waals surface area (Å²) in [7, 11) is 1.23. The molecule has 0 aromatic heterocycles. The average Bonchev–Trinajstić information content (AvgIpc) is 3.03. The van der Waals surface area contributed by atoms with Crippen LogP contribution >= 0.6 is 0 Å². The number of nitrogens with one attached hydrogen (secondary N) is 1. The van der Waals surface area contributed by atoms with E-state index in [-0.39, 0.29) is 32.0 Å². The highest BCUT2D eigenvalue weighted by molar-refractivity contribution is 5.83. The maximum absolute atomic E-state index is 12.8. The molecule has 1 atom stereocenters. The number of carbonyl (C=O) groups is 4. The van der Waals surface area contributed by atoms with Crippen LogP contribution in [0.4, 0.5) is 4.79 Å². The van der Waals surface area contributed by atoms with E-state index >= 15 is 0 Å². The van der Waals surface area contributed by atoms with Gasteiger partial charge in [-0.15, -0.1) is 0 Å². The number of benzene rings is 1. The molecule has 0 spiro atoms. The molecule has 0 radical (unpaired) electrons. The molecule has 1 heterocycles. The van der Waals surface area contributed by atoms with E-state index in [0.717, 1.165) is 25.2 Å². The summed E-state index contributed by atoms with van der Waals surface area (Å²) in [5.74, 6) is -1.12. The van der Waals surface area contributed by atoms with Crippen molar-refractivity contribution in [2.24, 2.45) is 0 Å². The van der Waals surface area contributed by atoms with Crippen molar-refractivity contribution in [3.05, 3.63) is 35.9 Å². The fraction of sp³-hybridized carbons (Fsp3) is 0.688. The normalized spacial score (nSPS) is 14.4. The van der Waals surface area contributed by atoms with Crippen LogP contribution in [0.25, 0.3) is 0 Å². The molecule has 1 aromatic rings. The number of hydrogen-bond acceptors (Lipinski definition) is 12. The lowest BCUT2D eigenvalue weighted by Gasteiger charge is -2.34. The van der Waals surface area contributed by atoms with Crippen molar-refractivity contribution < 1.29 is 52.3 Å². The third-order valence-corrected chi connectivity index (χ3v) is 6.67. The Morgan fingerprint density at radius 3 is 2.00 bits per heavy atom. The van der Waals surface area contributed by atoms with Gasteiger partial charge in [0.25, 0.3) is 0 Å². The van der Waals surface area contributed by atoms with Crippen molar-refractivity contribution in [2.45, 2.75) is 51.9 Å². The van der Waals surface area contributed by atoms with Crippen LogP contribution in [0, 0.1) is 0 Å². The van der Waals surface area contributed by atoms with Crippen LogP contribution in [0.2, 0.25) is 0 Å². The quantitative estimate of drug-likeness (QED) is 0.117. The first kappa shape index (κ1) is 38.9. The smallest absolute Gasteiger partial charge is 0.408 e. The van der Waals surface area contributed by atoms with Crippen LogP contribution in [0.1, 0.15) is 39.2 Å². The largest absolute Gasteiger partial charge is 0.467 e. The van der Waals surface area contributed by atoms with Crippen LogP contribution in [0.15, 0.2) is 30.3 Å². The maximum Gasteiger partial charge on any atom is 0.408 e. The second-order valence-electron chi connectivity index (χ2n) is 11.5. The highest BCUT2D eigenvalue weighted by Crippen LogP contribution is 2.09. The predicted octanol–water partition coefficient (Wildman–Crippen LogP) is 1.79. The van der Waals surface area contributed by atoms with Crippen molar-refractivity contribution >= 4 is 23.9 Å². The van der Waals surface area contributed by atoms with Gasteiger partial charge in [-0.3, -0.25) is 9.69 Å². The Bertz CT molecular complexity index is 1030. The Morgan fingerprint density at radius 2 is 1.41 bits per heavy atom. The topological polar surface area (TPSA) is 151 Å². The van der Waals surface area contributed by atoms with Crippen LogP contribution in [0.3, 0.4) is 0 Å². The third-order valence-electron chi connectivity index (χ3n) is 6.67. The number of rotatable bonds is 21. The molecular weight excluding hydrogens is 602 g/mol. The van der Waals surface area contributed by atoms with E-state index < -0.39 is 29.7 Å². The number of amides is 2. The highest BCUT2D eigenvalue weighted by Gasteiger charge is 2.26. The minimum absolute atomic E-state index is 0.0659. The monoisotopic (exact) mass is 653 g/mol. The molecule has 1 N–H and O–H groups in total. The molecule has 260 valence electrons. The minimum atomic E-state index is -0.982. The zero-order valence-corrected chi connectivity index (χ0v) is 27.7. The van der Waals surface area contributed by atoms with Gasteiger partial charge in [-0.05, 0) is 32.8 Å². The molecule has 0 bridgehead atoms. The fourth-order valence-electron chi connectivity index (χ4n) is 4.32. The van der Waals surface area contributed by atoms with Gasteiger partial charge in [0.1, 0.15) is 24.9 Å². The molecule has 2 amide bonds.